The highest BCUT2D eigenvalue weighted by Gasteiger charge is 2.37. The number of hydrogen-bond donors (Lipinski definition) is 4. The quantitative estimate of drug-likeness (QED) is 0.239. The number of anilines is 3. The second-order valence-corrected chi connectivity index (χ2v) is 12.4. The third-order valence-electron chi connectivity index (χ3n) is 7.60. The number of aliphatic hydroxyl groups excluding tert-OH is 1. The SMILES string of the molecule is CC1(C)C[C@@H](CO)N(CC(=O)Nc2ccc(Sc3nc(Nc4cc(C5CCC5)[nH]n4)c4cccn4n3)cc2)C1. The Morgan fingerprint density at radius 3 is 2.79 bits per heavy atom. The van der Waals surface area contributed by atoms with E-state index in [0.717, 1.165) is 34.9 Å². The summed E-state index contributed by atoms with van der Waals surface area (Å²) in [5.74, 6) is 1.94. The van der Waals surface area contributed by atoms with Crippen LogP contribution >= 0.6 is 11.8 Å². The number of rotatable bonds is 9. The summed E-state index contributed by atoms with van der Waals surface area (Å²) in [7, 11) is 0. The van der Waals surface area contributed by atoms with Gasteiger partial charge in [0, 0.05) is 47.0 Å². The number of H-pyrrole nitrogens is 1. The molecular weight excluding hydrogens is 512 g/mol. The normalized spacial score (nSPS) is 19.3. The van der Waals surface area contributed by atoms with Crippen LogP contribution in [-0.4, -0.2) is 66.4 Å². The first-order valence-corrected chi connectivity index (χ1v) is 14.3. The van der Waals surface area contributed by atoms with Gasteiger partial charge in [0.15, 0.2) is 11.6 Å². The fourth-order valence-corrected chi connectivity index (χ4v) is 6.22. The Bertz CT molecular complexity index is 1460. The molecule has 1 aliphatic carbocycles. The van der Waals surface area contributed by atoms with Crippen LogP contribution in [0.15, 0.2) is 58.7 Å². The van der Waals surface area contributed by atoms with Crippen LogP contribution in [0.4, 0.5) is 17.3 Å². The van der Waals surface area contributed by atoms with Crippen molar-refractivity contribution in [3.05, 3.63) is 54.4 Å². The van der Waals surface area contributed by atoms with E-state index in [4.69, 9.17) is 4.98 Å². The lowest BCUT2D eigenvalue weighted by Gasteiger charge is -2.23. The van der Waals surface area contributed by atoms with Gasteiger partial charge < -0.3 is 15.7 Å². The molecule has 0 unspecified atom stereocenters. The predicted molar refractivity (Wildman–Crippen MR) is 151 cm³/mol. The zero-order chi connectivity index (χ0) is 27.0. The summed E-state index contributed by atoms with van der Waals surface area (Å²) in [6, 6.07) is 13.7. The van der Waals surface area contributed by atoms with Gasteiger partial charge in [-0.05, 0) is 72.8 Å². The Labute approximate surface area is 231 Å². The van der Waals surface area contributed by atoms with E-state index in [1.165, 1.54) is 36.7 Å². The minimum atomic E-state index is -0.0810. The van der Waals surface area contributed by atoms with Crippen molar-refractivity contribution in [3.63, 3.8) is 0 Å². The Hall–Kier alpha value is -3.41. The average Bonchev–Trinajstić information content (AvgIpc) is 3.58. The molecule has 1 saturated carbocycles. The van der Waals surface area contributed by atoms with E-state index in [2.05, 4.69) is 50.7 Å². The van der Waals surface area contributed by atoms with Gasteiger partial charge in [-0.15, -0.1) is 5.10 Å². The number of amides is 1. The van der Waals surface area contributed by atoms with Crippen molar-refractivity contribution in [2.45, 2.75) is 61.5 Å². The molecule has 204 valence electrons. The minimum Gasteiger partial charge on any atom is -0.395 e. The molecule has 1 amide bonds. The van der Waals surface area contributed by atoms with Crippen molar-refractivity contribution < 1.29 is 9.90 Å². The number of hydrogen-bond acceptors (Lipinski definition) is 8. The summed E-state index contributed by atoms with van der Waals surface area (Å²) in [4.78, 5) is 20.5. The molecule has 2 aliphatic rings. The third-order valence-corrected chi connectivity index (χ3v) is 8.46. The van der Waals surface area contributed by atoms with Gasteiger partial charge in [-0.25, -0.2) is 9.50 Å². The molecule has 4 heterocycles. The van der Waals surface area contributed by atoms with E-state index in [0.29, 0.717) is 16.9 Å². The van der Waals surface area contributed by atoms with Crippen LogP contribution < -0.4 is 10.6 Å². The third kappa shape index (κ3) is 5.80. The number of carbonyl (C=O) groups excluding carboxylic acids is 1. The first-order chi connectivity index (χ1) is 18.8. The number of carbonyl (C=O) groups is 1. The molecule has 1 atom stereocenters. The van der Waals surface area contributed by atoms with E-state index >= 15 is 0 Å². The van der Waals surface area contributed by atoms with E-state index < -0.39 is 0 Å². The van der Waals surface area contributed by atoms with E-state index in [9.17, 15) is 9.90 Å². The van der Waals surface area contributed by atoms with Gasteiger partial charge in [-0.1, -0.05) is 20.3 Å². The van der Waals surface area contributed by atoms with Gasteiger partial charge >= 0.3 is 0 Å². The molecule has 4 N–H and O–H groups in total. The highest BCUT2D eigenvalue weighted by Crippen LogP contribution is 2.37. The van der Waals surface area contributed by atoms with Crippen LogP contribution in [-0.2, 0) is 4.79 Å². The number of likely N-dealkylation sites (tertiary alicyclic amines) is 1. The number of nitrogens with zero attached hydrogens (tertiary/aromatic N) is 5. The van der Waals surface area contributed by atoms with Crippen molar-refractivity contribution in [1.82, 2.24) is 29.7 Å². The van der Waals surface area contributed by atoms with Crippen molar-refractivity contribution in [1.29, 1.82) is 0 Å². The smallest absolute Gasteiger partial charge is 0.238 e. The Kier molecular flexibility index (Phi) is 7.05. The molecule has 2 fully saturated rings. The van der Waals surface area contributed by atoms with Crippen LogP contribution in [0.2, 0.25) is 0 Å². The minimum absolute atomic E-state index is 0.0272. The molecule has 10 nitrogen and oxygen atoms in total. The zero-order valence-electron chi connectivity index (χ0n) is 22.2. The van der Waals surface area contributed by atoms with Gasteiger partial charge in [-0.3, -0.25) is 14.8 Å². The molecule has 1 aliphatic heterocycles. The molecule has 0 radical (unpaired) electrons. The monoisotopic (exact) mass is 546 g/mol. The second-order valence-electron chi connectivity index (χ2n) is 11.3. The maximum atomic E-state index is 12.7. The highest BCUT2D eigenvalue weighted by molar-refractivity contribution is 7.99. The van der Waals surface area contributed by atoms with Crippen LogP contribution in [0.25, 0.3) is 5.52 Å². The molecule has 3 aromatic heterocycles. The van der Waals surface area contributed by atoms with Crippen molar-refractivity contribution in [2.75, 3.05) is 30.3 Å². The zero-order valence-corrected chi connectivity index (χ0v) is 23.0. The lowest BCUT2D eigenvalue weighted by Crippen LogP contribution is -2.38. The first kappa shape index (κ1) is 25.8. The predicted octanol–water partition coefficient (Wildman–Crippen LogP) is 4.65. The van der Waals surface area contributed by atoms with E-state index in [1.807, 2.05) is 47.1 Å². The largest absolute Gasteiger partial charge is 0.395 e. The van der Waals surface area contributed by atoms with Crippen molar-refractivity contribution in [3.8, 4) is 0 Å². The van der Waals surface area contributed by atoms with Crippen molar-refractivity contribution >= 4 is 40.5 Å². The van der Waals surface area contributed by atoms with Crippen LogP contribution in [0.5, 0.6) is 0 Å². The molecule has 0 bridgehead atoms. The molecule has 6 rings (SSSR count). The number of benzene rings is 1. The summed E-state index contributed by atoms with van der Waals surface area (Å²) in [5.41, 5.74) is 2.87. The molecule has 1 aromatic carbocycles. The van der Waals surface area contributed by atoms with Gasteiger partial charge in [0.05, 0.1) is 13.2 Å². The fraction of sp³-hybridized carbons (Fsp3) is 0.429. The summed E-state index contributed by atoms with van der Waals surface area (Å²) in [6.07, 6.45) is 6.49. The molecule has 11 heteroatoms. The van der Waals surface area contributed by atoms with Crippen molar-refractivity contribution in [2.24, 2.45) is 5.41 Å². The second kappa shape index (κ2) is 10.6. The van der Waals surface area contributed by atoms with Gasteiger partial charge in [0.1, 0.15) is 5.52 Å². The number of aromatic nitrogens is 5. The highest BCUT2D eigenvalue weighted by atomic mass is 32.2. The molecule has 4 aromatic rings. The summed E-state index contributed by atoms with van der Waals surface area (Å²) >= 11 is 1.45. The number of nitrogens with one attached hydrogen (secondary N) is 3. The van der Waals surface area contributed by atoms with Gasteiger partial charge in [-0.2, -0.15) is 5.10 Å². The molecule has 1 saturated heterocycles. The topological polar surface area (TPSA) is 123 Å². The van der Waals surface area contributed by atoms with Crippen LogP contribution in [0.1, 0.15) is 51.1 Å². The van der Waals surface area contributed by atoms with Gasteiger partial charge in [0.2, 0.25) is 11.1 Å². The fourth-order valence-electron chi connectivity index (χ4n) is 5.47. The summed E-state index contributed by atoms with van der Waals surface area (Å²) < 4.78 is 1.81. The standard InChI is InChI=1S/C28H34N8O2S/c1-28(2)14-20(16-37)35(17-28)15-25(38)29-19-8-10-21(11-9-19)39-27-31-26(23-7-4-12-36(23)34-27)30-24-13-22(32-33-24)18-5-3-6-18/h4,7-13,18,20,37H,3,5-6,14-17H2,1-2H3,(H,29,38)(H2,30,31,32,33,34)/t20-/m0/s1. The van der Waals surface area contributed by atoms with E-state index in [-0.39, 0.29) is 30.5 Å². The Balaban J connectivity index is 1.11. The number of aliphatic hydroxyl groups is 1. The molecule has 0 spiro atoms. The Morgan fingerprint density at radius 1 is 1.23 bits per heavy atom. The first-order valence-electron chi connectivity index (χ1n) is 13.5. The maximum Gasteiger partial charge on any atom is 0.238 e. The van der Waals surface area contributed by atoms with Crippen LogP contribution in [0.3, 0.4) is 0 Å². The number of aromatic amines is 1. The lowest BCUT2D eigenvalue weighted by molar-refractivity contribution is -0.117. The molecule has 39 heavy (non-hydrogen) atoms. The maximum absolute atomic E-state index is 12.7. The summed E-state index contributed by atoms with van der Waals surface area (Å²) in [6.45, 7) is 5.48. The average molecular weight is 547 g/mol. The number of fused-ring (bicyclic) bond motifs is 1. The van der Waals surface area contributed by atoms with Crippen LogP contribution in [0, 0.1) is 5.41 Å². The Morgan fingerprint density at radius 2 is 2.05 bits per heavy atom. The van der Waals surface area contributed by atoms with E-state index in [1.54, 1.807) is 0 Å². The summed E-state index contributed by atoms with van der Waals surface area (Å²) in [5, 5.41) is 28.9. The molecular formula is C28H34N8O2S. The van der Waals surface area contributed by atoms with Gasteiger partial charge in [0.25, 0.3) is 0 Å². The lowest BCUT2D eigenvalue weighted by atomic mass is 9.83.